The van der Waals surface area contributed by atoms with E-state index in [4.69, 9.17) is 4.74 Å². The first-order chi connectivity index (χ1) is 13.1. The highest BCUT2D eigenvalue weighted by Crippen LogP contribution is 2.30. The highest BCUT2D eigenvalue weighted by molar-refractivity contribution is 6.10. The van der Waals surface area contributed by atoms with Crippen LogP contribution in [0.3, 0.4) is 0 Å². The lowest BCUT2D eigenvalue weighted by molar-refractivity contribution is -0.138. The van der Waals surface area contributed by atoms with E-state index in [0.717, 1.165) is 22.6 Å². The van der Waals surface area contributed by atoms with Crippen molar-refractivity contribution in [3.63, 3.8) is 0 Å². The molecule has 0 heterocycles. The number of carbonyl (C=O) groups is 2. The summed E-state index contributed by atoms with van der Waals surface area (Å²) in [6.07, 6.45) is 0. The van der Waals surface area contributed by atoms with Gasteiger partial charge in [0.2, 0.25) is 11.8 Å². The second-order valence-electron chi connectivity index (χ2n) is 8.41. The van der Waals surface area contributed by atoms with Crippen molar-refractivity contribution in [3.8, 4) is 5.75 Å². The second-order valence-corrected chi connectivity index (χ2v) is 8.41. The molecule has 5 heteroatoms. The quantitative estimate of drug-likeness (QED) is 0.733. The van der Waals surface area contributed by atoms with Gasteiger partial charge < -0.3 is 15.4 Å². The zero-order valence-electron chi connectivity index (χ0n) is 17.6. The zero-order chi connectivity index (χ0) is 20.9. The van der Waals surface area contributed by atoms with Crippen LogP contribution < -0.4 is 15.4 Å². The van der Waals surface area contributed by atoms with Gasteiger partial charge >= 0.3 is 0 Å². The zero-order valence-corrected chi connectivity index (χ0v) is 17.6. The molecule has 0 aliphatic heterocycles. The first kappa shape index (κ1) is 21.5. The van der Waals surface area contributed by atoms with Gasteiger partial charge in [0.05, 0.1) is 7.11 Å². The van der Waals surface area contributed by atoms with Crippen molar-refractivity contribution >= 4 is 17.5 Å². The molecule has 0 spiro atoms. The molecule has 0 fully saturated rings. The summed E-state index contributed by atoms with van der Waals surface area (Å²) in [4.78, 5) is 25.5. The number of nitrogens with one attached hydrogen (secondary N) is 2. The number of rotatable bonds is 6. The predicted octanol–water partition coefficient (Wildman–Crippen LogP) is 4.27. The van der Waals surface area contributed by atoms with Gasteiger partial charge in [-0.05, 0) is 48.6 Å². The van der Waals surface area contributed by atoms with E-state index >= 15 is 0 Å². The Morgan fingerprint density at radius 3 is 2.07 bits per heavy atom. The number of hydrogen-bond acceptors (Lipinski definition) is 3. The fourth-order valence-electron chi connectivity index (χ4n) is 2.77. The van der Waals surface area contributed by atoms with Gasteiger partial charge in [-0.3, -0.25) is 9.59 Å². The molecule has 0 aromatic heterocycles. The number of carbonyl (C=O) groups excluding carboxylic acids is 2. The lowest BCUT2D eigenvalue weighted by Crippen LogP contribution is -2.45. The third-order valence-electron chi connectivity index (χ3n) is 4.73. The van der Waals surface area contributed by atoms with Crippen LogP contribution in [0.1, 0.15) is 45.7 Å². The van der Waals surface area contributed by atoms with Gasteiger partial charge in [-0.15, -0.1) is 0 Å². The third-order valence-corrected chi connectivity index (χ3v) is 4.73. The van der Waals surface area contributed by atoms with Crippen LogP contribution in [0.5, 0.6) is 5.75 Å². The molecule has 0 radical (unpaired) electrons. The molecule has 2 aromatic carbocycles. The van der Waals surface area contributed by atoms with Gasteiger partial charge in [-0.1, -0.05) is 51.1 Å². The van der Waals surface area contributed by atoms with Crippen LogP contribution in [0.4, 0.5) is 5.69 Å². The number of para-hydroxylation sites is 1. The smallest absolute Gasteiger partial charge is 0.239 e. The molecular formula is C23H30N2O3. The monoisotopic (exact) mass is 382 g/mol. The van der Waals surface area contributed by atoms with Crippen molar-refractivity contribution in [3.05, 3.63) is 59.7 Å². The summed E-state index contributed by atoms with van der Waals surface area (Å²) < 4.78 is 5.13. The lowest BCUT2D eigenvalue weighted by atomic mass is 9.85. The largest absolute Gasteiger partial charge is 0.497 e. The van der Waals surface area contributed by atoms with Crippen LogP contribution in [0, 0.1) is 5.41 Å². The Morgan fingerprint density at radius 2 is 1.50 bits per heavy atom. The Bertz CT molecular complexity index is 834. The molecule has 0 unspecified atom stereocenters. The maximum absolute atomic E-state index is 12.9. The Morgan fingerprint density at radius 1 is 0.893 bits per heavy atom. The van der Waals surface area contributed by atoms with E-state index in [2.05, 4.69) is 31.4 Å². The van der Waals surface area contributed by atoms with Crippen LogP contribution >= 0.6 is 0 Å². The molecule has 5 nitrogen and oxygen atoms in total. The number of anilines is 1. The normalized spacial score (nSPS) is 11.6. The standard InChI is InChI=1S/C23H30N2O3/c1-22(2,3)18-9-7-8-10-19(18)25-21(27)23(4,5)20(26)24-15-16-11-13-17(28-6)14-12-16/h7-14H,15H2,1-6H3,(H,24,26)(H,25,27). The first-order valence-electron chi connectivity index (χ1n) is 9.38. The van der Waals surface area contributed by atoms with Crippen molar-refractivity contribution in [2.24, 2.45) is 5.41 Å². The maximum atomic E-state index is 12.9. The van der Waals surface area contributed by atoms with Crippen molar-refractivity contribution in [2.45, 2.75) is 46.6 Å². The minimum atomic E-state index is -1.21. The predicted molar refractivity (Wildman–Crippen MR) is 112 cm³/mol. The molecule has 2 rings (SSSR count). The minimum Gasteiger partial charge on any atom is -0.497 e. The Balaban J connectivity index is 2.06. The summed E-state index contributed by atoms with van der Waals surface area (Å²) in [5.41, 5.74) is 1.36. The summed E-state index contributed by atoms with van der Waals surface area (Å²) in [7, 11) is 1.61. The molecule has 0 aliphatic carbocycles. The van der Waals surface area contributed by atoms with Crippen LogP contribution in [0.15, 0.2) is 48.5 Å². The van der Waals surface area contributed by atoms with E-state index < -0.39 is 5.41 Å². The summed E-state index contributed by atoms with van der Waals surface area (Å²) in [6.45, 7) is 9.87. The van der Waals surface area contributed by atoms with E-state index in [-0.39, 0.29) is 17.2 Å². The number of benzene rings is 2. The average Bonchev–Trinajstić information content (AvgIpc) is 2.65. The minimum absolute atomic E-state index is 0.120. The van der Waals surface area contributed by atoms with Crippen molar-refractivity contribution < 1.29 is 14.3 Å². The van der Waals surface area contributed by atoms with Crippen molar-refractivity contribution in [1.29, 1.82) is 0 Å². The van der Waals surface area contributed by atoms with Crippen LogP contribution in [0.2, 0.25) is 0 Å². The van der Waals surface area contributed by atoms with Crippen LogP contribution in [-0.4, -0.2) is 18.9 Å². The van der Waals surface area contributed by atoms with Gasteiger partial charge in [0.15, 0.2) is 0 Å². The van der Waals surface area contributed by atoms with Gasteiger partial charge in [-0.2, -0.15) is 0 Å². The number of amides is 2. The molecule has 0 aliphatic rings. The SMILES string of the molecule is COc1ccc(CNC(=O)C(C)(C)C(=O)Nc2ccccc2C(C)(C)C)cc1. The molecule has 2 N–H and O–H groups in total. The van der Waals surface area contributed by atoms with Gasteiger partial charge in [0, 0.05) is 12.2 Å². The Hall–Kier alpha value is -2.82. The fraction of sp³-hybridized carbons (Fsp3) is 0.391. The van der Waals surface area contributed by atoms with Crippen LogP contribution in [0.25, 0.3) is 0 Å². The van der Waals surface area contributed by atoms with Gasteiger partial charge in [0.25, 0.3) is 0 Å². The Labute approximate surface area is 167 Å². The molecule has 0 bridgehead atoms. The fourth-order valence-corrected chi connectivity index (χ4v) is 2.77. The van der Waals surface area contributed by atoms with Gasteiger partial charge in [0.1, 0.15) is 11.2 Å². The second kappa shape index (κ2) is 8.46. The summed E-state index contributed by atoms with van der Waals surface area (Å²) in [5.74, 6) is 0.0952. The highest BCUT2D eigenvalue weighted by atomic mass is 16.5. The number of hydrogen-bond donors (Lipinski definition) is 2. The van der Waals surface area contributed by atoms with E-state index in [1.54, 1.807) is 21.0 Å². The van der Waals surface area contributed by atoms with E-state index in [9.17, 15) is 9.59 Å². The first-order valence-corrected chi connectivity index (χ1v) is 9.38. The molecular weight excluding hydrogens is 352 g/mol. The lowest BCUT2D eigenvalue weighted by Gasteiger charge is -2.26. The van der Waals surface area contributed by atoms with Crippen molar-refractivity contribution in [2.75, 3.05) is 12.4 Å². The third kappa shape index (κ3) is 5.12. The molecule has 150 valence electrons. The van der Waals surface area contributed by atoms with Crippen molar-refractivity contribution in [1.82, 2.24) is 5.32 Å². The average molecular weight is 383 g/mol. The molecule has 2 amide bonds. The summed E-state index contributed by atoms with van der Waals surface area (Å²) >= 11 is 0. The topological polar surface area (TPSA) is 67.4 Å². The summed E-state index contributed by atoms with van der Waals surface area (Å²) in [5, 5.41) is 5.78. The molecule has 0 atom stereocenters. The number of methoxy groups -OCH3 is 1. The molecule has 2 aromatic rings. The number of ether oxygens (including phenoxy) is 1. The molecule has 0 saturated heterocycles. The molecule has 0 saturated carbocycles. The van der Waals surface area contributed by atoms with E-state index in [1.165, 1.54) is 0 Å². The Kier molecular flexibility index (Phi) is 6.49. The van der Waals surface area contributed by atoms with E-state index in [0.29, 0.717) is 6.54 Å². The molecule has 28 heavy (non-hydrogen) atoms. The summed E-state index contributed by atoms with van der Waals surface area (Å²) in [6, 6.07) is 15.1. The highest BCUT2D eigenvalue weighted by Gasteiger charge is 2.36. The van der Waals surface area contributed by atoms with Gasteiger partial charge in [-0.25, -0.2) is 0 Å². The van der Waals surface area contributed by atoms with E-state index in [1.807, 2.05) is 48.5 Å². The maximum Gasteiger partial charge on any atom is 0.239 e. The van der Waals surface area contributed by atoms with Crippen LogP contribution in [-0.2, 0) is 21.5 Å².